The predicted octanol–water partition coefficient (Wildman–Crippen LogP) is 2.51. The minimum atomic E-state index is -0.896. The summed E-state index contributed by atoms with van der Waals surface area (Å²) in [5, 5.41) is 14.7. The van der Waals surface area contributed by atoms with Gasteiger partial charge >= 0.3 is 12.0 Å². The van der Waals surface area contributed by atoms with Gasteiger partial charge < -0.3 is 15.7 Å². The lowest BCUT2D eigenvalue weighted by Gasteiger charge is -2.32. The van der Waals surface area contributed by atoms with Crippen molar-refractivity contribution in [3.05, 3.63) is 0 Å². The van der Waals surface area contributed by atoms with Crippen LogP contribution >= 0.6 is 0 Å². The second-order valence-corrected chi connectivity index (χ2v) is 6.88. The van der Waals surface area contributed by atoms with E-state index < -0.39 is 5.97 Å². The van der Waals surface area contributed by atoms with Crippen LogP contribution in [0.5, 0.6) is 0 Å². The van der Waals surface area contributed by atoms with E-state index in [0.29, 0.717) is 0 Å². The molecule has 0 bridgehead atoms. The van der Waals surface area contributed by atoms with Crippen LogP contribution in [0.2, 0.25) is 0 Å². The van der Waals surface area contributed by atoms with Crippen molar-refractivity contribution in [2.45, 2.75) is 71.4 Å². The van der Waals surface area contributed by atoms with Crippen LogP contribution in [0.25, 0.3) is 0 Å². The van der Waals surface area contributed by atoms with Crippen LogP contribution in [0, 0.1) is 5.41 Å². The summed E-state index contributed by atoms with van der Waals surface area (Å²) in [7, 11) is 0. The normalized spacial score (nSPS) is 19.8. The van der Waals surface area contributed by atoms with Crippen LogP contribution in [-0.2, 0) is 4.79 Å². The Bertz CT molecular complexity index is 341. The van der Waals surface area contributed by atoms with Crippen molar-refractivity contribution < 1.29 is 14.7 Å². The monoisotopic (exact) mass is 270 g/mol. The summed E-state index contributed by atoms with van der Waals surface area (Å²) in [6.45, 7) is 7.83. The Morgan fingerprint density at radius 3 is 2.21 bits per heavy atom. The summed E-state index contributed by atoms with van der Waals surface area (Å²) in [5.41, 5.74) is -0.429. The van der Waals surface area contributed by atoms with E-state index in [2.05, 4.69) is 10.6 Å². The van der Waals surface area contributed by atoms with Crippen LogP contribution in [0.3, 0.4) is 0 Å². The summed E-state index contributed by atoms with van der Waals surface area (Å²) >= 11 is 0. The fraction of sp³-hybridized carbons (Fsp3) is 0.857. The maximum absolute atomic E-state index is 12.0. The zero-order valence-electron chi connectivity index (χ0n) is 12.4. The maximum Gasteiger partial charge on any atom is 0.315 e. The van der Waals surface area contributed by atoms with Crippen LogP contribution in [-0.4, -0.2) is 28.7 Å². The molecule has 0 aromatic heterocycles. The van der Waals surface area contributed by atoms with Gasteiger partial charge in [0.15, 0.2) is 0 Å². The molecule has 1 fully saturated rings. The first-order valence-electron chi connectivity index (χ1n) is 6.93. The molecule has 5 heteroatoms. The quantitative estimate of drug-likeness (QED) is 0.734. The van der Waals surface area contributed by atoms with Crippen molar-refractivity contribution >= 4 is 12.0 Å². The molecule has 1 unspecified atom stereocenters. The molecule has 3 N–H and O–H groups in total. The summed E-state index contributed by atoms with van der Waals surface area (Å²) in [6, 6.07) is -0.638. The van der Waals surface area contributed by atoms with Crippen LogP contribution in [0.15, 0.2) is 0 Å². The number of carbonyl (C=O) groups is 2. The molecule has 110 valence electrons. The standard InChI is InChI=1S/C14H26N2O3/c1-13(2,3)10(9-11(17)18)15-12(19)16-14(4)7-5-6-8-14/h10H,5-9H2,1-4H3,(H,17,18)(H2,15,16,19). The first-order valence-corrected chi connectivity index (χ1v) is 6.93. The molecule has 0 aliphatic heterocycles. The van der Waals surface area contributed by atoms with Gasteiger partial charge in [-0.15, -0.1) is 0 Å². The van der Waals surface area contributed by atoms with Gasteiger partial charge in [0, 0.05) is 11.6 Å². The van der Waals surface area contributed by atoms with Gasteiger partial charge in [-0.1, -0.05) is 33.6 Å². The fourth-order valence-corrected chi connectivity index (χ4v) is 2.50. The molecule has 1 aliphatic carbocycles. The molecule has 5 nitrogen and oxygen atoms in total. The molecule has 2 amide bonds. The van der Waals surface area contributed by atoms with E-state index in [0.717, 1.165) is 25.7 Å². The molecule has 0 aromatic carbocycles. The van der Waals surface area contributed by atoms with Crippen LogP contribution in [0.4, 0.5) is 4.79 Å². The number of carbonyl (C=O) groups excluding carboxylic acids is 1. The predicted molar refractivity (Wildman–Crippen MR) is 74.0 cm³/mol. The third-order valence-corrected chi connectivity index (χ3v) is 3.85. The van der Waals surface area contributed by atoms with Gasteiger partial charge in [0.2, 0.25) is 0 Å². The smallest absolute Gasteiger partial charge is 0.315 e. The topological polar surface area (TPSA) is 78.4 Å². The lowest BCUT2D eigenvalue weighted by atomic mass is 9.85. The minimum Gasteiger partial charge on any atom is -0.481 e. The third-order valence-electron chi connectivity index (χ3n) is 3.85. The average molecular weight is 270 g/mol. The second kappa shape index (κ2) is 5.80. The first-order chi connectivity index (χ1) is 8.62. The van der Waals surface area contributed by atoms with Crippen molar-refractivity contribution in [3.63, 3.8) is 0 Å². The largest absolute Gasteiger partial charge is 0.481 e. The number of nitrogens with one attached hydrogen (secondary N) is 2. The van der Waals surface area contributed by atoms with E-state index in [1.54, 1.807) is 0 Å². The average Bonchev–Trinajstić information content (AvgIpc) is 2.61. The number of urea groups is 1. The van der Waals surface area contributed by atoms with Gasteiger partial charge in [-0.2, -0.15) is 0 Å². The highest BCUT2D eigenvalue weighted by Crippen LogP contribution is 2.29. The van der Waals surface area contributed by atoms with Crippen LogP contribution in [0.1, 0.15) is 59.8 Å². The van der Waals surface area contributed by atoms with Gasteiger partial charge in [0.25, 0.3) is 0 Å². The molecule has 0 saturated heterocycles. The molecule has 1 saturated carbocycles. The Balaban J connectivity index is 2.58. The van der Waals surface area contributed by atoms with Gasteiger partial charge in [-0.05, 0) is 25.2 Å². The molecule has 1 aliphatic rings. The molecule has 0 spiro atoms. The molecular weight excluding hydrogens is 244 g/mol. The first kappa shape index (κ1) is 15.8. The Labute approximate surface area is 115 Å². The molecule has 19 heavy (non-hydrogen) atoms. The Morgan fingerprint density at radius 2 is 1.79 bits per heavy atom. The zero-order chi connectivity index (χ0) is 14.7. The van der Waals surface area contributed by atoms with E-state index in [9.17, 15) is 9.59 Å². The summed E-state index contributed by atoms with van der Waals surface area (Å²) in [4.78, 5) is 22.9. The highest BCUT2D eigenvalue weighted by atomic mass is 16.4. The molecule has 1 rings (SSSR count). The number of aliphatic carboxylic acids is 1. The lowest BCUT2D eigenvalue weighted by molar-refractivity contribution is -0.138. The van der Waals surface area contributed by atoms with Gasteiger partial charge in [-0.3, -0.25) is 4.79 Å². The van der Waals surface area contributed by atoms with E-state index in [4.69, 9.17) is 5.11 Å². The third kappa shape index (κ3) is 5.09. The van der Waals surface area contributed by atoms with Gasteiger partial charge in [-0.25, -0.2) is 4.79 Å². The van der Waals surface area contributed by atoms with Crippen LogP contribution < -0.4 is 10.6 Å². The summed E-state index contributed by atoms with van der Waals surface area (Å²) in [5.74, 6) is -0.896. The number of hydrogen-bond donors (Lipinski definition) is 3. The Hall–Kier alpha value is -1.26. The number of carboxylic acids is 1. The number of amides is 2. The van der Waals surface area contributed by atoms with Crippen molar-refractivity contribution in [1.29, 1.82) is 0 Å². The molecule has 0 heterocycles. The van der Waals surface area contributed by atoms with Crippen molar-refractivity contribution in [2.24, 2.45) is 5.41 Å². The SMILES string of the molecule is CC1(NC(=O)NC(CC(=O)O)C(C)(C)C)CCCC1. The molecule has 0 aromatic rings. The number of rotatable bonds is 4. The highest BCUT2D eigenvalue weighted by Gasteiger charge is 2.33. The minimum absolute atomic E-state index is 0.0619. The van der Waals surface area contributed by atoms with E-state index in [1.165, 1.54) is 0 Å². The van der Waals surface area contributed by atoms with E-state index >= 15 is 0 Å². The Kier molecular flexibility index (Phi) is 4.82. The molecular formula is C14H26N2O3. The zero-order valence-corrected chi connectivity index (χ0v) is 12.4. The van der Waals surface area contributed by atoms with Crippen molar-refractivity contribution in [1.82, 2.24) is 10.6 Å². The highest BCUT2D eigenvalue weighted by molar-refractivity contribution is 5.76. The fourth-order valence-electron chi connectivity index (χ4n) is 2.50. The number of hydrogen-bond acceptors (Lipinski definition) is 2. The number of carboxylic acid groups (broad SMARTS) is 1. The van der Waals surface area contributed by atoms with Gasteiger partial charge in [0.05, 0.1) is 6.42 Å². The summed E-state index contributed by atoms with van der Waals surface area (Å²) < 4.78 is 0. The second-order valence-electron chi connectivity index (χ2n) is 6.88. The van der Waals surface area contributed by atoms with Crippen molar-refractivity contribution in [2.75, 3.05) is 0 Å². The van der Waals surface area contributed by atoms with Gasteiger partial charge in [0.1, 0.15) is 0 Å². The molecule has 1 atom stereocenters. The van der Waals surface area contributed by atoms with E-state index in [1.807, 2.05) is 27.7 Å². The Morgan fingerprint density at radius 1 is 1.26 bits per heavy atom. The lowest BCUT2D eigenvalue weighted by Crippen LogP contribution is -2.54. The summed E-state index contributed by atoms with van der Waals surface area (Å²) in [6.07, 6.45) is 4.18. The van der Waals surface area contributed by atoms with E-state index in [-0.39, 0.29) is 29.4 Å². The van der Waals surface area contributed by atoms with Crippen molar-refractivity contribution in [3.8, 4) is 0 Å². The maximum atomic E-state index is 12.0. The molecule has 0 radical (unpaired) electrons.